The first-order valence-electron chi connectivity index (χ1n) is 9.19. The summed E-state index contributed by atoms with van der Waals surface area (Å²) in [6, 6.07) is 11.4. The van der Waals surface area contributed by atoms with E-state index in [0.717, 1.165) is 12.0 Å². The molecule has 1 N–H and O–H groups in total. The lowest BCUT2D eigenvalue weighted by Gasteiger charge is -2.20. The van der Waals surface area contributed by atoms with Crippen LogP contribution in [0.5, 0.6) is 11.5 Å². The fourth-order valence-corrected chi connectivity index (χ4v) is 4.23. The average Bonchev–Trinajstić information content (AvgIpc) is 3.17. The number of methoxy groups -OCH3 is 2. The van der Waals surface area contributed by atoms with Crippen molar-refractivity contribution in [1.29, 1.82) is 0 Å². The summed E-state index contributed by atoms with van der Waals surface area (Å²) in [5.74, 6) is 1.67. The van der Waals surface area contributed by atoms with Gasteiger partial charge >= 0.3 is 0 Å². The van der Waals surface area contributed by atoms with Gasteiger partial charge in [-0.1, -0.05) is 19.1 Å². The number of hydrogen-bond donors (Lipinski definition) is 1. The van der Waals surface area contributed by atoms with Crippen molar-refractivity contribution in [3.63, 3.8) is 0 Å². The quantitative estimate of drug-likeness (QED) is 0.611. The molecule has 0 radical (unpaired) electrons. The van der Waals surface area contributed by atoms with E-state index in [0.29, 0.717) is 22.9 Å². The van der Waals surface area contributed by atoms with Gasteiger partial charge in [0.2, 0.25) is 10.0 Å². The van der Waals surface area contributed by atoms with E-state index in [2.05, 4.69) is 9.71 Å². The summed E-state index contributed by atoms with van der Waals surface area (Å²) in [6.07, 6.45) is 4.24. The predicted molar refractivity (Wildman–Crippen MR) is 111 cm³/mol. The van der Waals surface area contributed by atoms with Gasteiger partial charge in [0.05, 0.1) is 19.1 Å². The zero-order valence-corrected chi connectivity index (χ0v) is 17.7. The molecule has 0 aliphatic rings. The number of benzene rings is 2. The van der Waals surface area contributed by atoms with Crippen LogP contribution < -0.4 is 14.2 Å². The van der Waals surface area contributed by atoms with Gasteiger partial charge in [-0.3, -0.25) is 0 Å². The van der Waals surface area contributed by atoms with E-state index in [1.54, 1.807) is 61.5 Å². The molecule has 1 atom stereocenters. The molecule has 2 aromatic carbocycles. The van der Waals surface area contributed by atoms with Crippen LogP contribution in [0, 0.1) is 0 Å². The Morgan fingerprint density at radius 3 is 2.17 bits per heavy atom. The first kappa shape index (κ1) is 20.9. The minimum absolute atomic E-state index is 0.198. The monoisotopic (exact) mass is 415 g/mol. The third kappa shape index (κ3) is 4.60. The second-order valence-electron chi connectivity index (χ2n) is 6.59. The van der Waals surface area contributed by atoms with Crippen LogP contribution in [0.15, 0.2) is 59.8 Å². The summed E-state index contributed by atoms with van der Waals surface area (Å²) >= 11 is 0. The highest BCUT2D eigenvalue weighted by atomic mass is 32.2. The van der Waals surface area contributed by atoms with Crippen molar-refractivity contribution in [2.75, 3.05) is 14.2 Å². The Morgan fingerprint density at radius 2 is 1.69 bits per heavy atom. The first-order chi connectivity index (χ1) is 13.9. The Labute approximate surface area is 171 Å². The molecule has 8 heteroatoms. The summed E-state index contributed by atoms with van der Waals surface area (Å²) in [5.41, 5.74) is 1.73. The smallest absolute Gasteiger partial charge is 0.241 e. The van der Waals surface area contributed by atoms with Gasteiger partial charge in [-0.25, -0.2) is 13.4 Å². The molecule has 3 aromatic rings. The molecule has 7 nitrogen and oxygen atoms in total. The molecule has 0 bridgehead atoms. The van der Waals surface area contributed by atoms with Gasteiger partial charge < -0.3 is 14.0 Å². The lowest BCUT2D eigenvalue weighted by molar-refractivity contribution is 0.392. The van der Waals surface area contributed by atoms with Crippen molar-refractivity contribution in [3.8, 4) is 11.5 Å². The number of rotatable bonds is 8. The van der Waals surface area contributed by atoms with Crippen molar-refractivity contribution in [2.24, 2.45) is 7.05 Å². The van der Waals surface area contributed by atoms with Gasteiger partial charge in [-0.15, -0.1) is 0 Å². The molecule has 1 heterocycles. The van der Waals surface area contributed by atoms with Crippen molar-refractivity contribution in [3.05, 3.63) is 71.8 Å². The van der Waals surface area contributed by atoms with Crippen molar-refractivity contribution >= 4 is 10.0 Å². The molecule has 0 aliphatic heterocycles. The molecular formula is C21H25N3O4S. The van der Waals surface area contributed by atoms with Crippen LogP contribution >= 0.6 is 0 Å². The van der Waals surface area contributed by atoms with Crippen molar-refractivity contribution in [1.82, 2.24) is 14.3 Å². The maximum Gasteiger partial charge on any atom is 0.241 e. The molecule has 0 fully saturated rings. The predicted octanol–water partition coefficient (Wildman–Crippen LogP) is 3.07. The second-order valence-corrected chi connectivity index (χ2v) is 8.31. The molecule has 0 spiro atoms. The van der Waals surface area contributed by atoms with Gasteiger partial charge in [0.15, 0.2) is 0 Å². The number of aryl methyl sites for hydroxylation is 2. The minimum atomic E-state index is -3.80. The average molecular weight is 416 g/mol. The van der Waals surface area contributed by atoms with E-state index >= 15 is 0 Å². The fourth-order valence-electron chi connectivity index (χ4n) is 3.05. The van der Waals surface area contributed by atoms with Crippen LogP contribution in [0.1, 0.15) is 29.9 Å². The maximum absolute atomic E-state index is 13.1. The summed E-state index contributed by atoms with van der Waals surface area (Å²) < 4.78 is 41.5. The van der Waals surface area contributed by atoms with Crippen LogP contribution in [-0.2, 0) is 23.5 Å². The number of nitrogens with one attached hydrogen (secondary N) is 1. The van der Waals surface area contributed by atoms with Crippen LogP contribution in [-0.4, -0.2) is 32.2 Å². The Balaban J connectivity index is 2.06. The highest BCUT2D eigenvalue weighted by molar-refractivity contribution is 7.89. The number of imidazole rings is 1. The molecule has 1 aromatic heterocycles. The standard InChI is InChI=1S/C21H25N3O4S/c1-5-15-6-8-19(9-7-15)29(25,26)23-20(21-22-10-11-24(21)2)16-12-17(27-3)14-18(13-16)28-4/h6-14,20,23H,5H2,1-4H3/t20-/m1/s1. The van der Waals surface area contributed by atoms with Crippen LogP contribution in [0.25, 0.3) is 0 Å². The Morgan fingerprint density at radius 1 is 1.07 bits per heavy atom. The zero-order valence-electron chi connectivity index (χ0n) is 16.9. The lowest BCUT2D eigenvalue weighted by Crippen LogP contribution is -2.31. The summed E-state index contributed by atoms with van der Waals surface area (Å²) in [7, 11) is 1.12. The number of aromatic nitrogens is 2. The highest BCUT2D eigenvalue weighted by Crippen LogP contribution is 2.30. The molecule has 0 amide bonds. The first-order valence-corrected chi connectivity index (χ1v) is 10.7. The molecule has 0 saturated heterocycles. The van der Waals surface area contributed by atoms with E-state index in [1.165, 1.54) is 0 Å². The zero-order chi connectivity index (χ0) is 21.0. The molecule has 29 heavy (non-hydrogen) atoms. The fraction of sp³-hybridized carbons (Fsp3) is 0.286. The van der Waals surface area contributed by atoms with Gasteiger partial charge in [0.25, 0.3) is 0 Å². The third-order valence-electron chi connectivity index (χ3n) is 4.74. The molecule has 3 rings (SSSR count). The normalized spacial score (nSPS) is 12.6. The maximum atomic E-state index is 13.1. The Hall–Kier alpha value is -2.84. The van der Waals surface area contributed by atoms with Gasteiger partial charge in [-0.05, 0) is 41.8 Å². The molecule has 154 valence electrons. The minimum Gasteiger partial charge on any atom is -0.497 e. The molecular weight excluding hydrogens is 390 g/mol. The SMILES string of the molecule is CCc1ccc(S(=O)(=O)N[C@H](c2cc(OC)cc(OC)c2)c2nccn2C)cc1. The van der Waals surface area contributed by atoms with Crippen LogP contribution in [0.3, 0.4) is 0 Å². The van der Waals surface area contributed by atoms with Gasteiger partial charge in [0, 0.05) is 25.5 Å². The summed E-state index contributed by atoms with van der Waals surface area (Å²) in [6.45, 7) is 2.02. The summed E-state index contributed by atoms with van der Waals surface area (Å²) in [4.78, 5) is 4.56. The van der Waals surface area contributed by atoms with E-state index in [-0.39, 0.29) is 4.90 Å². The van der Waals surface area contributed by atoms with Gasteiger partial charge in [0.1, 0.15) is 23.4 Å². The van der Waals surface area contributed by atoms with Crippen LogP contribution in [0.4, 0.5) is 0 Å². The second kappa shape index (κ2) is 8.67. The van der Waals surface area contributed by atoms with Gasteiger partial charge in [-0.2, -0.15) is 4.72 Å². The topological polar surface area (TPSA) is 82.5 Å². The lowest BCUT2D eigenvalue weighted by atomic mass is 10.1. The summed E-state index contributed by atoms with van der Waals surface area (Å²) in [5, 5.41) is 0. The Bertz CT molecular complexity index is 1050. The molecule has 0 unspecified atom stereocenters. The van der Waals surface area contributed by atoms with E-state index in [1.807, 2.05) is 26.1 Å². The number of hydrogen-bond acceptors (Lipinski definition) is 5. The highest BCUT2D eigenvalue weighted by Gasteiger charge is 2.26. The Kier molecular flexibility index (Phi) is 6.24. The van der Waals surface area contributed by atoms with Crippen molar-refractivity contribution in [2.45, 2.75) is 24.3 Å². The number of ether oxygens (including phenoxy) is 2. The molecule has 0 saturated carbocycles. The molecule has 0 aliphatic carbocycles. The largest absolute Gasteiger partial charge is 0.497 e. The van der Waals surface area contributed by atoms with E-state index in [9.17, 15) is 8.42 Å². The van der Waals surface area contributed by atoms with E-state index in [4.69, 9.17) is 9.47 Å². The van der Waals surface area contributed by atoms with Crippen LogP contribution in [0.2, 0.25) is 0 Å². The van der Waals surface area contributed by atoms with E-state index < -0.39 is 16.1 Å². The third-order valence-corrected chi connectivity index (χ3v) is 6.18. The number of nitrogens with zero attached hydrogens (tertiary/aromatic N) is 2. The van der Waals surface area contributed by atoms with Crippen molar-refractivity contribution < 1.29 is 17.9 Å². The number of sulfonamides is 1.